The zero-order valence-corrected chi connectivity index (χ0v) is 9.40. The summed E-state index contributed by atoms with van der Waals surface area (Å²) in [4.78, 5) is 11.9. The Morgan fingerprint density at radius 1 is 1.38 bits per heavy atom. The molecular weight excluding hydrogens is 214 g/mol. The summed E-state index contributed by atoms with van der Waals surface area (Å²) < 4.78 is 5.32. The average Bonchev–Trinajstić information content (AvgIpc) is 2.74. The molecule has 0 spiro atoms. The fourth-order valence-electron chi connectivity index (χ4n) is 1.60. The lowest BCUT2D eigenvalue weighted by Gasteiger charge is -2.32. The SMILES string of the molecule is CC1(C(=O)NC(CO)(CO)CO)CCCO1. The molecule has 0 saturated carbocycles. The van der Waals surface area contributed by atoms with Gasteiger partial charge in [0.25, 0.3) is 5.91 Å². The molecule has 1 unspecified atom stereocenters. The second kappa shape index (κ2) is 5.09. The van der Waals surface area contributed by atoms with Gasteiger partial charge in [0.15, 0.2) is 0 Å². The molecule has 94 valence electrons. The van der Waals surface area contributed by atoms with Gasteiger partial charge in [-0.05, 0) is 19.8 Å². The van der Waals surface area contributed by atoms with E-state index in [2.05, 4.69) is 5.32 Å². The molecule has 1 amide bonds. The maximum atomic E-state index is 11.9. The molecule has 0 bridgehead atoms. The zero-order chi connectivity index (χ0) is 12.2. The molecule has 1 heterocycles. The topological polar surface area (TPSA) is 99.0 Å². The van der Waals surface area contributed by atoms with E-state index in [1.165, 1.54) is 0 Å². The third-order valence-corrected chi connectivity index (χ3v) is 2.99. The lowest BCUT2D eigenvalue weighted by molar-refractivity contribution is -0.143. The molecule has 6 nitrogen and oxygen atoms in total. The normalized spacial score (nSPS) is 25.8. The molecule has 0 aromatic heterocycles. The van der Waals surface area contributed by atoms with Crippen molar-refractivity contribution in [3.8, 4) is 0 Å². The smallest absolute Gasteiger partial charge is 0.252 e. The van der Waals surface area contributed by atoms with Crippen LogP contribution in [0.4, 0.5) is 0 Å². The van der Waals surface area contributed by atoms with Crippen LogP contribution in [0.15, 0.2) is 0 Å². The highest BCUT2D eigenvalue weighted by Crippen LogP contribution is 2.25. The van der Waals surface area contributed by atoms with Crippen molar-refractivity contribution in [3.63, 3.8) is 0 Å². The maximum absolute atomic E-state index is 11.9. The fourth-order valence-corrected chi connectivity index (χ4v) is 1.60. The Labute approximate surface area is 94.2 Å². The van der Waals surface area contributed by atoms with Crippen molar-refractivity contribution in [3.05, 3.63) is 0 Å². The van der Waals surface area contributed by atoms with Crippen molar-refractivity contribution in [1.29, 1.82) is 0 Å². The fraction of sp³-hybridized carbons (Fsp3) is 0.900. The van der Waals surface area contributed by atoms with Gasteiger partial charge in [0.1, 0.15) is 11.1 Å². The number of aliphatic hydroxyl groups excluding tert-OH is 3. The molecule has 0 aromatic carbocycles. The van der Waals surface area contributed by atoms with E-state index in [0.717, 1.165) is 6.42 Å². The van der Waals surface area contributed by atoms with Gasteiger partial charge in [-0.3, -0.25) is 4.79 Å². The molecular formula is C10H19NO5. The van der Waals surface area contributed by atoms with Crippen molar-refractivity contribution >= 4 is 5.91 Å². The minimum Gasteiger partial charge on any atom is -0.394 e. The van der Waals surface area contributed by atoms with Crippen molar-refractivity contribution in [2.45, 2.75) is 30.9 Å². The van der Waals surface area contributed by atoms with Gasteiger partial charge in [-0.1, -0.05) is 0 Å². The van der Waals surface area contributed by atoms with Crippen LogP contribution < -0.4 is 5.32 Å². The van der Waals surface area contributed by atoms with Crippen LogP contribution in [-0.2, 0) is 9.53 Å². The Hall–Kier alpha value is -0.690. The molecule has 1 fully saturated rings. The molecule has 1 aliphatic rings. The van der Waals surface area contributed by atoms with E-state index in [1.54, 1.807) is 6.92 Å². The number of rotatable bonds is 5. The number of carbonyl (C=O) groups excluding carboxylic acids is 1. The van der Waals surface area contributed by atoms with Crippen molar-refractivity contribution in [2.75, 3.05) is 26.4 Å². The van der Waals surface area contributed by atoms with Crippen molar-refractivity contribution < 1.29 is 24.9 Å². The Morgan fingerprint density at radius 2 is 1.94 bits per heavy atom. The first-order valence-electron chi connectivity index (χ1n) is 5.31. The quantitative estimate of drug-likeness (QED) is 0.458. The first-order valence-corrected chi connectivity index (χ1v) is 5.31. The number of ether oxygens (including phenoxy) is 1. The molecule has 1 rings (SSSR count). The van der Waals surface area contributed by atoms with Gasteiger partial charge < -0.3 is 25.4 Å². The number of hydrogen-bond acceptors (Lipinski definition) is 5. The van der Waals surface area contributed by atoms with E-state index in [4.69, 9.17) is 20.1 Å². The molecule has 6 heteroatoms. The summed E-state index contributed by atoms with van der Waals surface area (Å²) in [5.41, 5.74) is -2.31. The highest BCUT2D eigenvalue weighted by atomic mass is 16.5. The van der Waals surface area contributed by atoms with Crippen LogP contribution in [0.25, 0.3) is 0 Å². The van der Waals surface area contributed by atoms with Crippen molar-refractivity contribution in [1.82, 2.24) is 5.32 Å². The largest absolute Gasteiger partial charge is 0.394 e. The van der Waals surface area contributed by atoms with Gasteiger partial charge in [0.05, 0.1) is 19.8 Å². The second-order valence-corrected chi connectivity index (χ2v) is 4.39. The van der Waals surface area contributed by atoms with Gasteiger partial charge in [0.2, 0.25) is 0 Å². The molecule has 1 aliphatic heterocycles. The minimum atomic E-state index is -1.38. The Morgan fingerprint density at radius 3 is 2.31 bits per heavy atom. The van der Waals surface area contributed by atoms with E-state index in [9.17, 15) is 4.79 Å². The Kier molecular flexibility index (Phi) is 4.26. The van der Waals surface area contributed by atoms with Gasteiger partial charge >= 0.3 is 0 Å². The first kappa shape index (κ1) is 13.4. The summed E-state index contributed by atoms with van der Waals surface area (Å²) >= 11 is 0. The first-order chi connectivity index (χ1) is 7.52. The van der Waals surface area contributed by atoms with Gasteiger partial charge in [-0.25, -0.2) is 0 Å². The molecule has 0 aromatic rings. The number of hydrogen-bond donors (Lipinski definition) is 4. The number of aliphatic hydroxyl groups is 3. The third kappa shape index (κ3) is 2.52. The third-order valence-electron chi connectivity index (χ3n) is 2.99. The lowest BCUT2D eigenvalue weighted by Crippen LogP contribution is -2.61. The molecule has 4 N–H and O–H groups in total. The number of carbonyl (C=O) groups is 1. The molecule has 1 atom stereocenters. The summed E-state index contributed by atoms with van der Waals surface area (Å²) in [5.74, 6) is -0.415. The van der Waals surface area contributed by atoms with Crippen LogP contribution in [-0.4, -0.2) is 58.8 Å². The highest BCUT2D eigenvalue weighted by Gasteiger charge is 2.41. The van der Waals surface area contributed by atoms with E-state index in [1.807, 2.05) is 0 Å². The lowest BCUT2D eigenvalue weighted by atomic mass is 9.97. The summed E-state index contributed by atoms with van der Waals surface area (Å²) in [6, 6.07) is 0. The average molecular weight is 233 g/mol. The number of amides is 1. The van der Waals surface area contributed by atoms with Crippen LogP contribution in [0.1, 0.15) is 19.8 Å². The van der Waals surface area contributed by atoms with Crippen LogP contribution in [0.5, 0.6) is 0 Å². The van der Waals surface area contributed by atoms with Crippen LogP contribution >= 0.6 is 0 Å². The van der Waals surface area contributed by atoms with Gasteiger partial charge in [0, 0.05) is 6.61 Å². The predicted molar refractivity (Wildman–Crippen MR) is 55.7 cm³/mol. The van der Waals surface area contributed by atoms with Crippen LogP contribution in [0, 0.1) is 0 Å². The van der Waals surface area contributed by atoms with Crippen molar-refractivity contribution in [2.24, 2.45) is 0 Å². The predicted octanol–water partition coefficient (Wildman–Crippen LogP) is -1.61. The molecule has 0 radical (unpaired) electrons. The standard InChI is InChI=1S/C10H19NO5/c1-9(3-2-4-16-9)8(15)11-10(5-12,6-13)7-14/h12-14H,2-7H2,1H3,(H,11,15). The molecule has 0 aliphatic carbocycles. The van der Waals surface area contributed by atoms with Crippen LogP contribution in [0.2, 0.25) is 0 Å². The summed E-state index contributed by atoms with van der Waals surface area (Å²) in [6.45, 7) is 0.603. The second-order valence-electron chi connectivity index (χ2n) is 4.39. The van der Waals surface area contributed by atoms with Crippen LogP contribution in [0.3, 0.4) is 0 Å². The number of nitrogens with one attached hydrogen (secondary N) is 1. The van der Waals surface area contributed by atoms with E-state index < -0.39 is 36.9 Å². The van der Waals surface area contributed by atoms with E-state index >= 15 is 0 Å². The van der Waals surface area contributed by atoms with E-state index in [-0.39, 0.29) is 0 Å². The summed E-state index contributed by atoms with van der Waals surface area (Å²) in [6.07, 6.45) is 1.39. The summed E-state index contributed by atoms with van der Waals surface area (Å²) in [5, 5.41) is 29.7. The minimum absolute atomic E-state index is 0.415. The van der Waals surface area contributed by atoms with Gasteiger partial charge in [-0.15, -0.1) is 0 Å². The van der Waals surface area contributed by atoms with Gasteiger partial charge in [-0.2, -0.15) is 0 Å². The molecule has 16 heavy (non-hydrogen) atoms. The summed E-state index contributed by atoms with van der Waals surface area (Å²) in [7, 11) is 0. The monoisotopic (exact) mass is 233 g/mol. The van der Waals surface area contributed by atoms with E-state index in [0.29, 0.717) is 13.0 Å². The molecule has 1 saturated heterocycles. The zero-order valence-electron chi connectivity index (χ0n) is 9.40. The maximum Gasteiger partial charge on any atom is 0.252 e. The Balaban J connectivity index is 2.68. The Bertz CT molecular complexity index is 237. The highest BCUT2D eigenvalue weighted by molar-refractivity contribution is 5.85.